The van der Waals surface area contributed by atoms with E-state index >= 15 is 0 Å². The summed E-state index contributed by atoms with van der Waals surface area (Å²) in [6.07, 6.45) is 4.37. The lowest BCUT2D eigenvalue weighted by molar-refractivity contribution is 1.28. The predicted octanol–water partition coefficient (Wildman–Crippen LogP) is 9.63. The number of fused-ring (bicyclic) bond motifs is 2. The topological polar surface area (TPSA) is 3.24 Å². The van der Waals surface area contributed by atoms with E-state index in [1.807, 2.05) is 0 Å². The molecule has 0 radical (unpaired) electrons. The molecule has 0 spiro atoms. The van der Waals surface area contributed by atoms with Crippen LogP contribution in [0.1, 0.15) is 11.1 Å². The van der Waals surface area contributed by atoms with Crippen molar-refractivity contribution in [2.24, 2.45) is 0 Å². The first-order valence-electron chi connectivity index (χ1n) is 11.9. The quantitative estimate of drug-likeness (QED) is 0.188. The van der Waals surface area contributed by atoms with E-state index in [2.05, 4.69) is 157 Å². The van der Waals surface area contributed by atoms with Crippen LogP contribution in [-0.4, -0.2) is 0 Å². The fourth-order valence-corrected chi connectivity index (χ4v) is 4.59. The van der Waals surface area contributed by atoms with Crippen molar-refractivity contribution >= 4 is 50.8 Å². The van der Waals surface area contributed by atoms with Gasteiger partial charge in [-0.2, -0.15) is 0 Å². The molecule has 0 N–H and O–H groups in total. The van der Waals surface area contributed by atoms with Crippen LogP contribution < -0.4 is 4.90 Å². The molecule has 6 aromatic carbocycles. The number of benzene rings is 6. The number of anilines is 3. The Hall–Kier alpha value is -4.62. The third-order valence-electron chi connectivity index (χ3n) is 6.38. The molecule has 0 aromatic heterocycles. The zero-order valence-electron chi connectivity index (χ0n) is 19.4. The van der Waals surface area contributed by atoms with Gasteiger partial charge in [0.15, 0.2) is 0 Å². The Labute approximate surface area is 206 Å². The number of hydrogen-bond acceptors (Lipinski definition) is 1. The monoisotopic (exact) mass is 447 g/mol. The van der Waals surface area contributed by atoms with Crippen molar-refractivity contribution in [1.29, 1.82) is 0 Å². The fourth-order valence-electron chi connectivity index (χ4n) is 4.59. The van der Waals surface area contributed by atoms with Crippen molar-refractivity contribution in [2.45, 2.75) is 0 Å². The molecule has 0 fully saturated rings. The van der Waals surface area contributed by atoms with E-state index in [9.17, 15) is 0 Å². The Bertz CT molecular complexity index is 1580. The summed E-state index contributed by atoms with van der Waals surface area (Å²) in [5.74, 6) is 0. The van der Waals surface area contributed by atoms with Crippen LogP contribution in [0.5, 0.6) is 0 Å². The van der Waals surface area contributed by atoms with E-state index in [0.29, 0.717) is 0 Å². The zero-order valence-corrected chi connectivity index (χ0v) is 19.4. The van der Waals surface area contributed by atoms with E-state index in [1.54, 1.807) is 0 Å². The summed E-state index contributed by atoms with van der Waals surface area (Å²) in [6.45, 7) is 0. The molecule has 0 saturated carbocycles. The fraction of sp³-hybridized carbons (Fsp3) is 0. The minimum absolute atomic E-state index is 1.14. The molecule has 0 aliphatic heterocycles. The van der Waals surface area contributed by atoms with Crippen LogP contribution in [-0.2, 0) is 0 Å². The van der Waals surface area contributed by atoms with Gasteiger partial charge < -0.3 is 4.90 Å². The van der Waals surface area contributed by atoms with Crippen molar-refractivity contribution in [2.75, 3.05) is 4.90 Å². The highest BCUT2D eigenvalue weighted by atomic mass is 15.1. The summed E-state index contributed by atoms with van der Waals surface area (Å²) in [5, 5.41) is 5.09. The molecule has 6 rings (SSSR count). The average molecular weight is 448 g/mol. The first-order chi connectivity index (χ1) is 17.3. The Balaban J connectivity index is 1.28. The molecular formula is C34H25N. The maximum atomic E-state index is 2.28. The SMILES string of the molecule is C(=Cc1ccc2cc3ccccc3cc2c1)c1ccc(N(c2ccccc2)c2ccccc2)cc1. The van der Waals surface area contributed by atoms with E-state index in [4.69, 9.17) is 0 Å². The second-order valence-corrected chi connectivity index (χ2v) is 8.74. The lowest BCUT2D eigenvalue weighted by Gasteiger charge is -2.25. The van der Waals surface area contributed by atoms with Crippen LogP contribution in [0.15, 0.2) is 140 Å². The van der Waals surface area contributed by atoms with Crippen LogP contribution in [0, 0.1) is 0 Å². The third kappa shape index (κ3) is 4.45. The predicted molar refractivity (Wildman–Crippen MR) is 152 cm³/mol. The van der Waals surface area contributed by atoms with Gasteiger partial charge in [-0.15, -0.1) is 0 Å². The number of rotatable bonds is 5. The van der Waals surface area contributed by atoms with Gasteiger partial charge >= 0.3 is 0 Å². The molecule has 1 nitrogen and oxygen atoms in total. The highest BCUT2D eigenvalue weighted by Crippen LogP contribution is 2.34. The molecule has 0 unspecified atom stereocenters. The van der Waals surface area contributed by atoms with Gasteiger partial charge in [-0.25, -0.2) is 0 Å². The highest BCUT2D eigenvalue weighted by Gasteiger charge is 2.11. The first kappa shape index (κ1) is 20.9. The molecule has 35 heavy (non-hydrogen) atoms. The Morgan fingerprint density at radius 1 is 0.343 bits per heavy atom. The van der Waals surface area contributed by atoms with Gasteiger partial charge in [0.1, 0.15) is 0 Å². The molecule has 0 atom stereocenters. The molecule has 0 saturated heterocycles. The minimum atomic E-state index is 1.14. The van der Waals surface area contributed by atoms with Crippen molar-refractivity contribution in [3.05, 3.63) is 151 Å². The molecule has 0 bridgehead atoms. The van der Waals surface area contributed by atoms with Gasteiger partial charge in [0.05, 0.1) is 0 Å². The molecule has 1 heteroatoms. The summed E-state index contributed by atoms with van der Waals surface area (Å²) in [4.78, 5) is 2.28. The van der Waals surface area contributed by atoms with Crippen molar-refractivity contribution in [3.8, 4) is 0 Å². The van der Waals surface area contributed by atoms with Crippen LogP contribution in [0.3, 0.4) is 0 Å². The molecule has 6 aromatic rings. The Morgan fingerprint density at radius 3 is 1.43 bits per heavy atom. The highest BCUT2D eigenvalue weighted by molar-refractivity contribution is 5.99. The van der Waals surface area contributed by atoms with Gasteiger partial charge in [0.25, 0.3) is 0 Å². The van der Waals surface area contributed by atoms with Crippen molar-refractivity contribution in [1.82, 2.24) is 0 Å². The lowest BCUT2D eigenvalue weighted by atomic mass is 10.0. The molecule has 0 aliphatic carbocycles. The van der Waals surface area contributed by atoms with E-state index in [-0.39, 0.29) is 0 Å². The van der Waals surface area contributed by atoms with Crippen LogP contribution >= 0.6 is 0 Å². The Morgan fingerprint density at radius 2 is 0.800 bits per heavy atom. The average Bonchev–Trinajstić information content (AvgIpc) is 2.93. The molecule has 0 aliphatic rings. The molecule has 166 valence electrons. The van der Waals surface area contributed by atoms with Crippen molar-refractivity contribution in [3.63, 3.8) is 0 Å². The first-order valence-corrected chi connectivity index (χ1v) is 11.9. The maximum Gasteiger partial charge on any atom is 0.0462 e. The lowest BCUT2D eigenvalue weighted by Crippen LogP contribution is -2.09. The number of para-hydroxylation sites is 2. The van der Waals surface area contributed by atoms with E-state index in [1.165, 1.54) is 32.7 Å². The minimum Gasteiger partial charge on any atom is -0.311 e. The third-order valence-corrected chi connectivity index (χ3v) is 6.38. The summed E-state index contributed by atoms with van der Waals surface area (Å²) in [6, 6.07) is 49.5. The van der Waals surface area contributed by atoms with Crippen molar-refractivity contribution < 1.29 is 0 Å². The van der Waals surface area contributed by atoms with Gasteiger partial charge in [0, 0.05) is 17.1 Å². The van der Waals surface area contributed by atoms with Gasteiger partial charge in [-0.3, -0.25) is 0 Å². The smallest absolute Gasteiger partial charge is 0.0462 e. The zero-order chi connectivity index (χ0) is 23.5. The number of nitrogens with zero attached hydrogens (tertiary/aromatic N) is 1. The van der Waals surface area contributed by atoms with Gasteiger partial charge in [-0.1, -0.05) is 97.1 Å². The normalized spacial score (nSPS) is 11.3. The summed E-state index contributed by atoms with van der Waals surface area (Å²) in [5.41, 5.74) is 5.80. The summed E-state index contributed by atoms with van der Waals surface area (Å²) in [7, 11) is 0. The molecular weight excluding hydrogens is 422 g/mol. The standard InChI is InChI=1S/C34H25N/c1-3-11-32(12-4-1)35(33-13-5-2-6-14-33)34-21-18-26(19-22-34)15-16-27-17-20-30-24-28-9-7-8-10-29(28)25-31(30)23-27/h1-25H. The summed E-state index contributed by atoms with van der Waals surface area (Å²) >= 11 is 0. The van der Waals surface area contributed by atoms with E-state index < -0.39 is 0 Å². The van der Waals surface area contributed by atoms with Crippen LogP contribution in [0.2, 0.25) is 0 Å². The van der Waals surface area contributed by atoms with Crippen LogP contribution in [0.4, 0.5) is 17.1 Å². The second-order valence-electron chi connectivity index (χ2n) is 8.74. The van der Waals surface area contributed by atoms with E-state index in [0.717, 1.165) is 17.1 Å². The maximum absolute atomic E-state index is 2.28. The van der Waals surface area contributed by atoms with Gasteiger partial charge in [-0.05, 0) is 87.3 Å². The molecule has 0 heterocycles. The number of hydrogen-bond donors (Lipinski definition) is 0. The largest absolute Gasteiger partial charge is 0.311 e. The van der Waals surface area contributed by atoms with Gasteiger partial charge in [0.2, 0.25) is 0 Å². The summed E-state index contributed by atoms with van der Waals surface area (Å²) < 4.78 is 0. The Kier molecular flexibility index (Phi) is 5.58. The van der Waals surface area contributed by atoms with Crippen LogP contribution in [0.25, 0.3) is 33.7 Å². The molecule has 0 amide bonds. The second kappa shape index (κ2) is 9.32.